The van der Waals surface area contributed by atoms with Crippen LogP contribution in [0.25, 0.3) is 0 Å². The van der Waals surface area contributed by atoms with E-state index in [0.29, 0.717) is 29.5 Å². The van der Waals surface area contributed by atoms with Gasteiger partial charge in [-0.1, -0.05) is 24.1 Å². The average molecular weight is 422 g/mol. The zero-order chi connectivity index (χ0) is 20.1. The lowest BCUT2D eigenvalue weighted by Crippen LogP contribution is -2.35. The van der Waals surface area contributed by atoms with E-state index in [1.807, 2.05) is 13.0 Å². The molecule has 3 rings (SSSR count). The third kappa shape index (κ3) is 5.04. The van der Waals surface area contributed by atoms with Gasteiger partial charge in [0.1, 0.15) is 0 Å². The van der Waals surface area contributed by atoms with Crippen LogP contribution in [0.1, 0.15) is 24.8 Å². The van der Waals surface area contributed by atoms with Crippen LogP contribution in [0.3, 0.4) is 0 Å². The van der Waals surface area contributed by atoms with Crippen molar-refractivity contribution in [1.29, 1.82) is 0 Å². The van der Waals surface area contributed by atoms with Gasteiger partial charge in [-0.3, -0.25) is 4.79 Å². The molecule has 6 nitrogen and oxygen atoms in total. The van der Waals surface area contributed by atoms with Crippen LogP contribution in [0.15, 0.2) is 47.4 Å². The Morgan fingerprint density at radius 1 is 1.07 bits per heavy atom. The van der Waals surface area contributed by atoms with Crippen LogP contribution in [-0.4, -0.2) is 38.3 Å². The summed E-state index contributed by atoms with van der Waals surface area (Å²) in [7, 11) is -3.45. The summed E-state index contributed by atoms with van der Waals surface area (Å²) in [6.45, 7) is 3.10. The van der Waals surface area contributed by atoms with Gasteiger partial charge in [-0.15, -0.1) is 0 Å². The molecule has 1 amide bonds. The van der Waals surface area contributed by atoms with Crippen molar-refractivity contribution in [2.45, 2.75) is 31.1 Å². The van der Waals surface area contributed by atoms with Crippen molar-refractivity contribution >= 4 is 38.9 Å². The molecule has 1 aliphatic rings. The molecule has 28 heavy (non-hydrogen) atoms. The minimum absolute atomic E-state index is 0.0597. The molecule has 2 N–H and O–H groups in total. The molecule has 8 heteroatoms. The Morgan fingerprint density at radius 3 is 2.43 bits per heavy atom. The molecular weight excluding hydrogens is 398 g/mol. The number of carbonyl (C=O) groups is 1. The fraction of sp³-hybridized carbons (Fsp3) is 0.350. The second-order valence-corrected chi connectivity index (χ2v) is 9.22. The van der Waals surface area contributed by atoms with Crippen LogP contribution < -0.4 is 10.6 Å². The highest BCUT2D eigenvalue weighted by Crippen LogP contribution is 2.22. The maximum absolute atomic E-state index is 12.7. The van der Waals surface area contributed by atoms with Crippen molar-refractivity contribution < 1.29 is 13.2 Å². The number of amides is 1. The largest absolute Gasteiger partial charge is 0.376 e. The number of hydrogen-bond acceptors (Lipinski definition) is 4. The number of aryl methyl sites for hydroxylation is 1. The molecule has 0 aliphatic carbocycles. The van der Waals surface area contributed by atoms with Crippen LogP contribution in [0.5, 0.6) is 0 Å². The molecule has 0 unspecified atom stereocenters. The van der Waals surface area contributed by atoms with Crippen molar-refractivity contribution in [2.75, 3.05) is 30.3 Å². The third-order valence-corrected chi connectivity index (χ3v) is 6.88. The molecule has 1 fully saturated rings. The van der Waals surface area contributed by atoms with E-state index in [0.717, 1.165) is 24.8 Å². The fourth-order valence-corrected chi connectivity index (χ4v) is 4.79. The first-order valence-corrected chi connectivity index (χ1v) is 11.1. The number of carbonyl (C=O) groups excluding carboxylic acids is 1. The van der Waals surface area contributed by atoms with Gasteiger partial charge in [-0.2, -0.15) is 4.31 Å². The van der Waals surface area contributed by atoms with Crippen LogP contribution in [0, 0.1) is 6.92 Å². The second-order valence-electron chi connectivity index (χ2n) is 6.85. The number of nitrogens with one attached hydrogen (secondary N) is 2. The molecule has 0 atom stereocenters. The summed E-state index contributed by atoms with van der Waals surface area (Å²) in [5.41, 5.74) is 2.27. The van der Waals surface area contributed by atoms with Gasteiger partial charge in [0.05, 0.1) is 11.4 Å². The van der Waals surface area contributed by atoms with E-state index < -0.39 is 10.0 Å². The number of sulfonamides is 1. The minimum Gasteiger partial charge on any atom is -0.376 e. The maximum atomic E-state index is 12.7. The van der Waals surface area contributed by atoms with Crippen LogP contribution in [0.2, 0.25) is 5.02 Å². The number of piperidine rings is 1. The highest BCUT2D eigenvalue weighted by atomic mass is 35.5. The highest BCUT2D eigenvalue weighted by molar-refractivity contribution is 7.89. The van der Waals surface area contributed by atoms with Gasteiger partial charge in [0, 0.05) is 29.5 Å². The molecule has 2 aromatic rings. The first-order valence-electron chi connectivity index (χ1n) is 9.26. The van der Waals surface area contributed by atoms with Gasteiger partial charge in [-0.25, -0.2) is 8.42 Å². The SMILES string of the molecule is Cc1ccc(Cl)cc1NC(=O)CNc1ccc(S(=O)(=O)N2CCCCC2)cc1. The van der Waals surface area contributed by atoms with Gasteiger partial charge in [-0.05, 0) is 61.7 Å². The van der Waals surface area contributed by atoms with Gasteiger partial charge < -0.3 is 10.6 Å². The topological polar surface area (TPSA) is 78.5 Å². The summed E-state index contributed by atoms with van der Waals surface area (Å²) in [4.78, 5) is 12.4. The van der Waals surface area contributed by atoms with E-state index >= 15 is 0 Å². The standard InChI is InChI=1S/C20H24ClN3O3S/c1-15-5-6-16(21)13-19(15)23-20(25)14-22-17-7-9-18(10-8-17)28(26,27)24-11-3-2-4-12-24/h5-10,13,22H,2-4,11-12,14H2,1H3,(H,23,25). The maximum Gasteiger partial charge on any atom is 0.243 e. The molecule has 1 saturated heterocycles. The molecule has 0 saturated carbocycles. The van der Waals surface area contributed by atoms with Gasteiger partial charge in [0.25, 0.3) is 0 Å². The van der Waals surface area contributed by atoms with E-state index in [1.165, 1.54) is 0 Å². The number of nitrogens with zero attached hydrogens (tertiary/aromatic N) is 1. The van der Waals surface area contributed by atoms with Crippen molar-refractivity contribution in [3.8, 4) is 0 Å². The predicted molar refractivity (Wildman–Crippen MR) is 112 cm³/mol. The van der Waals surface area contributed by atoms with Crippen molar-refractivity contribution in [2.24, 2.45) is 0 Å². The second kappa shape index (κ2) is 8.94. The molecule has 0 aromatic heterocycles. The van der Waals surface area contributed by atoms with E-state index in [2.05, 4.69) is 10.6 Å². The number of benzene rings is 2. The summed E-state index contributed by atoms with van der Waals surface area (Å²) in [6.07, 6.45) is 2.88. The molecular formula is C20H24ClN3O3S. The summed E-state index contributed by atoms with van der Waals surface area (Å²) in [5, 5.41) is 6.37. The molecule has 1 aliphatic heterocycles. The number of anilines is 2. The van der Waals surface area contributed by atoms with Crippen molar-refractivity contribution in [1.82, 2.24) is 4.31 Å². The third-order valence-electron chi connectivity index (χ3n) is 4.73. The number of hydrogen-bond donors (Lipinski definition) is 2. The lowest BCUT2D eigenvalue weighted by Gasteiger charge is -2.25. The highest BCUT2D eigenvalue weighted by Gasteiger charge is 2.25. The van der Waals surface area contributed by atoms with E-state index in [-0.39, 0.29) is 17.3 Å². The van der Waals surface area contributed by atoms with Crippen LogP contribution in [-0.2, 0) is 14.8 Å². The smallest absolute Gasteiger partial charge is 0.243 e. The first-order chi connectivity index (χ1) is 13.4. The number of rotatable bonds is 6. The Balaban J connectivity index is 1.58. The summed E-state index contributed by atoms with van der Waals surface area (Å²) in [6, 6.07) is 11.8. The quantitative estimate of drug-likeness (QED) is 0.742. The molecule has 0 radical (unpaired) electrons. The zero-order valence-corrected chi connectivity index (χ0v) is 17.3. The minimum atomic E-state index is -3.45. The van der Waals surface area contributed by atoms with Crippen molar-refractivity contribution in [3.63, 3.8) is 0 Å². The molecule has 0 bridgehead atoms. The van der Waals surface area contributed by atoms with Crippen LogP contribution >= 0.6 is 11.6 Å². The molecule has 150 valence electrons. The Kier molecular flexibility index (Phi) is 6.59. The monoisotopic (exact) mass is 421 g/mol. The molecule has 1 heterocycles. The van der Waals surface area contributed by atoms with Crippen LogP contribution in [0.4, 0.5) is 11.4 Å². The average Bonchev–Trinajstić information content (AvgIpc) is 2.70. The Bertz CT molecular complexity index is 940. The molecule has 2 aromatic carbocycles. The van der Waals surface area contributed by atoms with E-state index in [1.54, 1.807) is 40.7 Å². The fourth-order valence-electron chi connectivity index (χ4n) is 3.10. The van der Waals surface area contributed by atoms with Crippen molar-refractivity contribution in [3.05, 3.63) is 53.1 Å². The Morgan fingerprint density at radius 2 is 1.75 bits per heavy atom. The van der Waals surface area contributed by atoms with E-state index in [9.17, 15) is 13.2 Å². The van der Waals surface area contributed by atoms with Gasteiger partial charge in [0.15, 0.2) is 0 Å². The zero-order valence-electron chi connectivity index (χ0n) is 15.7. The summed E-state index contributed by atoms with van der Waals surface area (Å²) in [5.74, 6) is -0.213. The summed E-state index contributed by atoms with van der Waals surface area (Å²) < 4.78 is 26.9. The predicted octanol–water partition coefficient (Wildman–Crippen LogP) is 3.87. The van der Waals surface area contributed by atoms with E-state index in [4.69, 9.17) is 11.6 Å². The lowest BCUT2D eigenvalue weighted by atomic mass is 10.2. The first kappa shape index (κ1) is 20.6. The van der Waals surface area contributed by atoms with Gasteiger partial charge >= 0.3 is 0 Å². The Hall–Kier alpha value is -2.09. The summed E-state index contributed by atoms with van der Waals surface area (Å²) >= 11 is 5.96. The normalized spacial score (nSPS) is 15.2. The Labute approximate surface area is 170 Å². The molecule has 0 spiro atoms. The lowest BCUT2D eigenvalue weighted by molar-refractivity contribution is -0.114. The van der Waals surface area contributed by atoms with Gasteiger partial charge in [0.2, 0.25) is 15.9 Å². The number of halogens is 1.